The Balaban J connectivity index is 1.85. The lowest BCUT2D eigenvalue weighted by Gasteiger charge is -2.31. The maximum Gasteiger partial charge on any atom is 0.271 e. The number of anilines is 1. The third-order valence-corrected chi connectivity index (χ3v) is 4.15. The first-order chi connectivity index (χ1) is 9.58. The van der Waals surface area contributed by atoms with E-state index >= 15 is 0 Å². The van der Waals surface area contributed by atoms with Crippen LogP contribution in [0.1, 0.15) is 37.2 Å². The molecule has 0 aliphatic carbocycles. The molecule has 0 radical (unpaired) electrons. The Bertz CT molecular complexity index is 480. The number of thiazole rings is 1. The van der Waals surface area contributed by atoms with Crippen molar-refractivity contribution >= 4 is 28.3 Å². The molecule has 0 aromatic carbocycles. The van der Waals surface area contributed by atoms with Gasteiger partial charge in [-0.2, -0.15) is 0 Å². The van der Waals surface area contributed by atoms with E-state index in [0.29, 0.717) is 10.8 Å². The average molecular weight is 296 g/mol. The number of nitrogens with zero attached hydrogens (tertiary/aromatic N) is 2. The van der Waals surface area contributed by atoms with Crippen molar-refractivity contribution in [1.82, 2.24) is 15.2 Å². The Morgan fingerprint density at radius 3 is 2.75 bits per heavy atom. The Hall–Kier alpha value is -1.47. The molecule has 2 N–H and O–H groups in total. The van der Waals surface area contributed by atoms with E-state index in [2.05, 4.69) is 27.4 Å². The summed E-state index contributed by atoms with van der Waals surface area (Å²) < 4.78 is 0. The highest BCUT2D eigenvalue weighted by molar-refractivity contribution is 7.14. The molecule has 0 unspecified atom stereocenters. The minimum atomic E-state index is -0.182. The maximum absolute atomic E-state index is 12.1. The van der Waals surface area contributed by atoms with Crippen molar-refractivity contribution in [3.05, 3.63) is 11.1 Å². The molecular formula is C13H20N4O2S. The number of piperidine rings is 1. The van der Waals surface area contributed by atoms with Gasteiger partial charge in [0.25, 0.3) is 5.91 Å². The summed E-state index contributed by atoms with van der Waals surface area (Å²) in [5, 5.41) is 7.72. The molecule has 1 saturated heterocycles. The number of rotatable bonds is 4. The van der Waals surface area contributed by atoms with Gasteiger partial charge in [0.1, 0.15) is 5.69 Å². The van der Waals surface area contributed by atoms with E-state index in [1.54, 1.807) is 5.38 Å². The van der Waals surface area contributed by atoms with Crippen molar-refractivity contribution in [3.8, 4) is 0 Å². The second kappa shape index (κ2) is 6.81. The van der Waals surface area contributed by atoms with Crippen LogP contribution in [0.25, 0.3) is 0 Å². The Labute approximate surface area is 122 Å². The van der Waals surface area contributed by atoms with Crippen LogP contribution in [-0.4, -0.2) is 47.4 Å². The zero-order chi connectivity index (χ0) is 14.5. The van der Waals surface area contributed by atoms with Crippen molar-refractivity contribution in [2.75, 3.05) is 25.0 Å². The van der Waals surface area contributed by atoms with Gasteiger partial charge in [0.2, 0.25) is 5.91 Å². The molecular weight excluding hydrogens is 276 g/mol. The minimum Gasteiger partial charge on any atom is -0.348 e. The summed E-state index contributed by atoms with van der Waals surface area (Å²) in [6.45, 7) is 6.68. The largest absolute Gasteiger partial charge is 0.348 e. The zero-order valence-electron chi connectivity index (χ0n) is 11.8. The van der Waals surface area contributed by atoms with Crippen molar-refractivity contribution in [1.29, 1.82) is 0 Å². The van der Waals surface area contributed by atoms with Crippen molar-refractivity contribution in [2.24, 2.45) is 0 Å². The predicted molar refractivity (Wildman–Crippen MR) is 79.0 cm³/mol. The first-order valence-electron chi connectivity index (χ1n) is 6.84. The van der Waals surface area contributed by atoms with E-state index in [-0.39, 0.29) is 17.9 Å². The smallest absolute Gasteiger partial charge is 0.271 e. The summed E-state index contributed by atoms with van der Waals surface area (Å²) >= 11 is 1.26. The lowest BCUT2D eigenvalue weighted by Crippen LogP contribution is -2.44. The molecule has 1 aromatic rings. The van der Waals surface area contributed by atoms with E-state index in [0.717, 1.165) is 32.5 Å². The fraction of sp³-hybridized carbons (Fsp3) is 0.615. The van der Waals surface area contributed by atoms with E-state index in [1.165, 1.54) is 18.3 Å². The van der Waals surface area contributed by atoms with Gasteiger partial charge in [-0.25, -0.2) is 4.98 Å². The Morgan fingerprint density at radius 1 is 1.45 bits per heavy atom. The second-order valence-electron chi connectivity index (χ2n) is 4.90. The molecule has 0 spiro atoms. The highest BCUT2D eigenvalue weighted by Gasteiger charge is 2.21. The molecule has 0 bridgehead atoms. The molecule has 2 heterocycles. The molecule has 2 amide bonds. The van der Waals surface area contributed by atoms with Gasteiger partial charge in [-0.3, -0.25) is 9.59 Å². The highest BCUT2D eigenvalue weighted by atomic mass is 32.1. The van der Waals surface area contributed by atoms with Crippen molar-refractivity contribution < 1.29 is 9.59 Å². The molecule has 110 valence electrons. The van der Waals surface area contributed by atoms with Crippen LogP contribution in [0.3, 0.4) is 0 Å². The van der Waals surface area contributed by atoms with Crippen LogP contribution >= 0.6 is 11.3 Å². The number of hydrogen-bond acceptors (Lipinski definition) is 5. The van der Waals surface area contributed by atoms with Crippen LogP contribution in [0.4, 0.5) is 5.13 Å². The van der Waals surface area contributed by atoms with Gasteiger partial charge in [-0.1, -0.05) is 6.92 Å². The summed E-state index contributed by atoms with van der Waals surface area (Å²) in [6.07, 6.45) is 1.95. The summed E-state index contributed by atoms with van der Waals surface area (Å²) in [4.78, 5) is 29.5. The molecule has 1 aliphatic heterocycles. The highest BCUT2D eigenvalue weighted by Crippen LogP contribution is 2.16. The summed E-state index contributed by atoms with van der Waals surface area (Å²) in [5.41, 5.74) is 0.372. The van der Waals surface area contributed by atoms with E-state index in [9.17, 15) is 9.59 Å². The molecule has 0 atom stereocenters. The normalized spacial score (nSPS) is 16.9. The molecule has 1 aromatic heterocycles. The van der Waals surface area contributed by atoms with Gasteiger partial charge in [-0.15, -0.1) is 11.3 Å². The van der Waals surface area contributed by atoms with Crippen molar-refractivity contribution in [2.45, 2.75) is 32.7 Å². The maximum atomic E-state index is 12.1. The molecule has 6 nitrogen and oxygen atoms in total. The minimum absolute atomic E-state index is 0.159. The number of aromatic nitrogens is 1. The Morgan fingerprint density at radius 2 is 2.15 bits per heavy atom. The van der Waals surface area contributed by atoms with E-state index < -0.39 is 0 Å². The first-order valence-corrected chi connectivity index (χ1v) is 7.72. The van der Waals surface area contributed by atoms with Gasteiger partial charge in [0.15, 0.2) is 5.13 Å². The van der Waals surface area contributed by atoms with Gasteiger partial charge in [0.05, 0.1) is 0 Å². The van der Waals surface area contributed by atoms with Crippen LogP contribution < -0.4 is 10.6 Å². The fourth-order valence-electron chi connectivity index (χ4n) is 2.24. The monoisotopic (exact) mass is 296 g/mol. The predicted octanol–water partition coefficient (Wildman–Crippen LogP) is 1.32. The quantitative estimate of drug-likeness (QED) is 0.878. The number of likely N-dealkylation sites (tertiary alicyclic amines) is 1. The van der Waals surface area contributed by atoms with Crippen molar-refractivity contribution in [3.63, 3.8) is 0 Å². The van der Waals surface area contributed by atoms with Gasteiger partial charge < -0.3 is 15.5 Å². The summed E-state index contributed by atoms with van der Waals surface area (Å²) in [6, 6.07) is 0.219. The Kier molecular flexibility index (Phi) is 5.08. The second-order valence-corrected chi connectivity index (χ2v) is 5.76. The van der Waals surface area contributed by atoms with E-state index in [4.69, 9.17) is 0 Å². The first kappa shape index (κ1) is 14.9. The fourth-order valence-corrected chi connectivity index (χ4v) is 2.98. The van der Waals surface area contributed by atoms with Crippen LogP contribution in [0.15, 0.2) is 5.38 Å². The average Bonchev–Trinajstić information content (AvgIpc) is 2.87. The molecule has 0 saturated carbocycles. The number of hydrogen-bond donors (Lipinski definition) is 2. The van der Waals surface area contributed by atoms with Gasteiger partial charge in [-0.05, 0) is 19.4 Å². The summed E-state index contributed by atoms with van der Waals surface area (Å²) in [5.74, 6) is -0.342. The molecule has 20 heavy (non-hydrogen) atoms. The number of amides is 2. The molecule has 7 heteroatoms. The lowest BCUT2D eigenvalue weighted by molar-refractivity contribution is -0.114. The van der Waals surface area contributed by atoms with Crippen LogP contribution in [0.2, 0.25) is 0 Å². The van der Waals surface area contributed by atoms with E-state index in [1.807, 2.05) is 0 Å². The summed E-state index contributed by atoms with van der Waals surface area (Å²) in [7, 11) is 0. The SMILES string of the molecule is CCN1CCC(NC(=O)c2csc(NC(C)=O)n2)CC1. The van der Waals surface area contributed by atoms with Gasteiger partial charge in [0, 0.05) is 31.4 Å². The third kappa shape index (κ3) is 4.01. The topological polar surface area (TPSA) is 74.3 Å². The van der Waals surface area contributed by atoms with Gasteiger partial charge >= 0.3 is 0 Å². The van der Waals surface area contributed by atoms with Crippen LogP contribution in [0, 0.1) is 0 Å². The number of carbonyl (C=O) groups excluding carboxylic acids is 2. The number of nitrogens with one attached hydrogen (secondary N) is 2. The third-order valence-electron chi connectivity index (χ3n) is 3.39. The molecule has 2 rings (SSSR count). The lowest BCUT2D eigenvalue weighted by atomic mass is 10.1. The molecule has 1 aliphatic rings. The van der Waals surface area contributed by atoms with Crippen LogP contribution in [-0.2, 0) is 4.79 Å². The number of carbonyl (C=O) groups is 2. The molecule has 1 fully saturated rings. The van der Waals surface area contributed by atoms with Crippen LogP contribution in [0.5, 0.6) is 0 Å². The standard InChI is InChI=1S/C13H20N4O2S/c1-3-17-6-4-10(5-7-17)15-12(19)11-8-20-13(16-11)14-9(2)18/h8,10H,3-7H2,1-2H3,(H,15,19)(H,14,16,18). The zero-order valence-corrected chi connectivity index (χ0v) is 12.6.